The van der Waals surface area contributed by atoms with E-state index in [1.807, 2.05) is 12.1 Å². The van der Waals surface area contributed by atoms with Gasteiger partial charge in [-0.25, -0.2) is 0 Å². The average Bonchev–Trinajstić information content (AvgIpc) is 2.56. The van der Waals surface area contributed by atoms with Gasteiger partial charge in [-0.1, -0.05) is 74.5 Å². The minimum atomic E-state index is -0.365. The summed E-state index contributed by atoms with van der Waals surface area (Å²) in [5.41, 5.74) is 2.55. The summed E-state index contributed by atoms with van der Waals surface area (Å²) < 4.78 is 0. The molecule has 1 unspecified atom stereocenters. The molecule has 130 valence electrons. The summed E-state index contributed by atoms with van der Waals surface area (Å²) in [6, 6.07) is 20.9. The van der Waals surface area contributed by atoms with Crippen LogP contribution < -0.4 is 5.32 Å². The Morgan fingerprint density at radius 1 is 0.833 bits per heavy atom. The number of benzene rings is 2. The zero-order valence-electron chi connectivity index (χ0n) is 14.9. The highest BCUT2D eigenvalue weighted by Crippen LogP contribution is 2.10. The van der Waals surface area contributed by atoms with Gasteiger partial charge in [0.15, 0.2) is 0 Å². The Labute approximate surface area is 146 Å². The Bertz CT molecular complexity index is 515. The number of hydrogen-bond donors (Lipinski definition) is 2. The van der Waals surface area contributed by atoms with Gasteiger partial charge < -0.3 is 10.4 Å². The molecule has 2 N–H and O–H groups in total. The van der Waals surface area contributed by atoms with Gasteiger partial charge in [-0.15, -0.1) is 0 Å². The maximum atomic E-state index is 10.4. The van der Waals surface area contributed by atoms with Gasteiger partial charge in [0, 0.05) is 26.2 Å². The molecule has 1 atom stereocenters. The van der Waals surface area contributed by atoms with E-state index < -0.39 is 0 Å². The van der Waals surface area contributed by atoms with Crippen molar-refractivity contribution in [1.82, 2.24) is 10.2 Å². The van der Waals surface area contributed by atoms with Crippen molar-refractivity contribution in [1.29, 1.82) is 0 Å². The highest BCUT2D eigenvalue weighted by atomic mass is 16.3. The second-order valence-electron chi connectivity index (χ2n) is 6.85. The van der Waals surface area contributed by atoms with Crippen LogP contribution in [0.5, 0.6) is 0 Å². The van der Waals surface area contributed by atoms with Crippen molar-refractivity contribution in [2.24, 2.45) is 5.92 Å². The summed E-state index contributed by atoms with van der Waals surface area (Å²) in [6.07, 6.45) is -0.365. The molecule has 0 spiro atoms. The van der Waals surface area contributed by atoms with E-state index in [1.165, 1.54) is 11.1 Å². The van der Waals surface area contributed by atoms with E-state index >= 15 is 0 Å². The predicted molar refractivity (Wildman–Crippen MR) is 101 cm³/mol. The van der Waals surface area contributed by atoms with Gasteiger partial charge in [0.05, 0.1) is 6.10 Å². The summed E-state index contributed by atoms with van der Waals surface area (Å²) >= 11 is 0. The van der Waals surface area contributed by atoms with E-state index in [0.717, 1.165) is 19.6 Å². The molecular weight excluding hydrogens is 296 g/mol. The van der Waals surface area contributed by atoms with Gasteiger partial charge in [-0.2, -0.15) is 0 Å². The largest absolute Gasteiger partial charge is 0.390 e. The van der Waals surface area contributed by atoms with Crippen molar-refractivity contribution in [3.63, 3.8) is 0 Å². The first-order chi connectivity index (χ1) is 11.6. The maximum Gasteiger partial charge on any atom is 0.0791 e. The fourth-order valence-electron chi connectivity index (χ4n) is 2.77. The molecule has 3 nitrogen and oxygen atoms in total. The zero-order valence-corrected chi connectivity index (χ0v) is 14.9. The summed E-state index contributed by atoms with van der Waals surface area (Å²) in [7, 11) is 0. The first-order valence-electron chi connectivity index (χ1n) is 8.82. The molecule has 0 fully saturated rings. The lowest BCUT2D eigenvalue weighted by atomic mass is 10.1. The van der Waals surface area contributed by atoms with Crippen molar-refractivity contribution in [2.45, 2.75) is 33.0 Å². The number of aliphatic hydroxyl groups excluding tert-OH is 1. The number of nitrogens with zero attached hydrogens (tertiary/aromatic N) is 1. The van der Waals surface area contributed by atoms with Gasteiger partial charge in [-0.3, -0.25) is 4.90 Å². The second kappa shape index (κ2) is 10.2. The van der Waals surface area contributed by atoms with E-state index in [9.17, 15) is 5.11 Å². The third-order valence-electron chi connectivity index (χ3n) is 3.90. The van der Waals surface area contributed by atoms with E-state index in [1.54, 1.807) is 0 Å². The van der Waals surface area contributed by atoms with E-state index in [0.29, 0.717) is 19.0 Å². The van der Waals surface area contributed by atoms with Crippen LogP contribution in [-0.4, -0.2) is 35.7 Å². The zero-order chi connectivity index (χ0) is 17.2. The number of nitrogens with one attached hydrogen (secondary N) is 1. The Balaban J connectivity index is 1.94. The first-order valence-corrected chi connectivity index (χ1v) is 8.82. The second-order valence-corrected chi connectivity index (χ2v) is 6.85. The van der Waals surface area contributed by atoms with Crippen molar-refractivity contribution >= 4 is 0 Å². The number of hydrogen-bond acceptors (Lipinski definition) is 3. The van der Waals surface area contributed by atoms with Crippen LogP contribution in [0.3, 0.4) is 0 Å². The summed E-state index contributed by atoms with van der Waals surface area (Å²) in [4.78, 5) is 2.31. The molecular formula is C21H30N2O. The van der Waals surface area contributed by atoms with Crippen LogP contribution >= 0.6 is 0 Å². The minimum absolute atomic E-state index is 0.365. The normalized spacial score (nSPS) is 12.7. The molecule has 2 aromatic carbocycles. The monoisotopic (exact) mass is 326 g/mol. The van der Waals surface area contributed by atoms with Crippen molar-refractivity contribution in [3.05, 3.63) is 71.8 Å². The molecule has 3 heteroatoms. The molecule has 0 saturated heterocycles. The third-order valence-corrected chi connectivity index (χ3v) is 3.90. The average molecular weight is 326 g/mol. The minimum Gasteiger partial charge on any atom is -0.390 e. The molecule has 0 aliphatic rings. The molecule has 0 saturated carbocycles. The molecule has 0 radical (unpaired) electrons. The van der Waals surface area contributed by atoms with Crippen LogP contribution in [0.2, 0.25) is 0 Å². The molecule has 0 bridgehead atoms. The topological polar surface area (TPSA) is 35.5 Å². The van der Waals surface area contributed by atoms with Gasteiger partial charge in [0.1, 0.15) is 0 Å². The molecule has 0 heterocycles. The molecule has 2 aromatic rings. The van der Waals surface area contributed by atoms with Gasteiger partial charge in [0.2, 0.25) is 0 Å². The Morgan fingerprint density at radius 2 is 1.33 bits per heavy atom. The summed E-state index contributed by atoms with van der Waals surface area (Å²) in [6.45, 7) is 8.28. The van der Waals surface area contributed by atoms with Gasteiger partial charge in [-0.05, 0) is 23.6 Å². The van der Waals surface area contributed by atoms with Crippen LogP contribution in [0.25, 0.3) is 0 Å². The lowest BCUT2D eigenvalue weighted by Gasteiger charge is -2.26. The fraction of sp³-hybridized carbons (Fsp3) is 0.429. The van der Waals surface area contributed by atoms with Crippen LogP contribution in [0.15, 0.2) is 60.7 Å². The Hall–Kier alpha value is -1.68. The van der Waals surface area contributed by atoms with E-state index in [4.69, 9.17) is 0 Å². The van der Waals surface area contributed by atoms with Gasteiger partial charge in [0.25, 0.3) is 0 Å². The highest BCUT2D eigenvalue weighted by molar-refractivity contribution is 5.17. The molecule has 0 aliphatic carbocycles. The summed E-state index contributed by atoms with van der Waals surface area (Å²) in [5, 5.41) is 13.7. The number of rotatable bonds is 10. The van der Waals surface area contributed by atoms with Crippen molar-refractivity contribution in [3.8, 4) is 0 Å². The van der Waals surface area contributed by atoms with Gasteiger partial charge >= 0.3 is 0 Å². The Morgan fingerprint density at radius 3 is 1.79 bits per heavy atom. The maximum absolute atomic E-state index is 10.4. The quantitative estimate of drug-likeness (QED) is 0.703. The molecule has 24 heavy (non-hydrogen) atoms. The molecule has 0 aromatic heterocycles. The van der Waals surface area contributed by atoms with Crippen molar-refractivity contribution in [2.75, 3.05) is 19.6 Å². The Kier molecular flexibility index (Phi) is 7.96. The van der Waals surface area contributed by atoms with E-state index in [2.05, 4.69) is 72.6 Å². The smallest absolute Gasteiger partial charge is 0.0791 e. The lowest BCUT2D eigenvalue weighted by molar-refractivity contribution is 0.103. The van der Waals surface area contributed by atoms with Crippen LogP contribution in [-0.2, 0) is 13.1 Å². The standard InChI is InChI=1S/C21H30N2O/c1-18(2)13-22-14-21(24)17-23(15-19-9-5-3-6-10-19)16-20-11-7-4-8-12-20/h3-12,18,21-22,24H,13-17H2,1-2H3. The lowest BCUT2D eigenvalue weighted by Crippen LogP contribution is -2.38. The molecule has 0 aliphatic heterocycles. The fourth-order valence-corrected chi connectivity index (χ4v) is 2.77. The SMILES string of the molecule is CC(C)CNCC(O)CN(Cc1ccccc1)Cc1ccccc1. The summed E-state index contributed by atoms with van der Waals surface area (Å²) in [5.74, 6) is 0.599. The highest BCUT2D eigenvalue weighted by Gasteiger charge is 2.13. The van der Waals surface area contributed by atoms with E-state index in [-0.39, 0.29) is 6.10 Å². The number of aliphatic hydroxyl groups is 1. The van der Waals surface area contributed by atoms with Crippen LogP contribution in [0, 0.1) is 5.92 Å². The molecule has 0 amide bonds. The molecule has 2 rings (SSSR count). The van der Waals surface area contributed by atoms with Crippen LogP contribution in [0.4, 0.5) is 0 Å². The third kappa shape index (κ3) is 7.26. The first kappa shape index (κ1) is 18.7. The van der Waals surface area contributed by atoms with Crippen molar-refractivity contribution < 1.29 is 5.11 Å². The van der Waals surface area contributed by atoms with Crippen LogP contribution in [0.1, 0.15) is 25.0 Å². The predicted octanol–water partition coefficient (Wildman–Crippen LogP) is 3.30.